The van der Waals surface area contributed by atoms with E-state index >= 15 is 0 Å². The van der Waals surface area contributed by atoms with Crippen molar-refractivity contribution in [1.29, 1.82) is 0 Å². The van der Waals surface area contributed by atoms with Crippen LogP contribution in [0.25, 0.3) is 11.1 Å². The molecule has 0 saturated carbocycles. The molecule has 0 unspecified atom stereocenters. The predicted molar refractivity (Wildman–Crippen MR) is 133 cm³/mol. The van der Waals surface area contributed by atoms with Crippen LogP contribution in [0.4, 0.5) is 11.5 Å². The van der Waals surface area contributed by atoms with Gasteiger partial charge in [0, 0.05) is 61.2 Å². The van der Waals surface area contributed by atoms with Crippen molar-refractivity contribution in [1.82, 2.24) is 24.5 Å². The van der Waals surface area contributed by atoms with E-state index < -0.39 is 0 Å². The van der Waals surface area contributed by atoms with Gasteiger partial charge in [-0.15, -0.1) is 0 Å². The molecule has 1 aromatic carbocycles. The van der Waals surface area contributed by atoms with E-state index in [0.29, 0.717) is 12.6 Å². The number of carbonyl (C=O) groups is 1. The van der Waals surface area contributed by atoms with Crippen molar-refractivity contribution < 1.29 is 9.53 Å². The van der Waals surface area contributed by atoms with Crippen LogP contribution < -0.4 is 4.90 Å². The Morgan fingerprint density at radius 2 is 1.94 bits per heavy atom. The lowest BCUT2D eigenvalue weighted by atomic mass is 9.94. The van der Waals surface area contributed by atoms with E-state index in [1.165, 1.54) is 52.2 Å². The lowest BCUT2D eigenvalue weighted by Crippen LogP contribution is -2.37. The number of benzene rings is 1. The van der Waals surface area contributed by atoms with Gasteiger partial charge < -0.3 is 14.5 Å². The Hall–Kier alpha value is -3.13. The summed E-state index contributed by atoms with van der Waals surface area (Å²) in [5.74, 6) is 1.16. The van der Waals surface area contributed by atoms with Gasteiger partial charge in [-0.2, -0.15) is 10.2 Å². The number of rotatable bonds is 3. The summed E-state index contributed by atoms with van der Waals surface area (Å²) in [7, 11) is 0. The van der Waals surface area contributed by atoms with Gasteiger partial charge in [0.15, 0.2) is 5.82 Å². The molecule has 0 N–H and O–H groups in total. The second-order valence-corrected chi connectivity index (χ2v) is 10.4. The van der Waals surface area contributed by atoms with Crippen molar-refractivity contribution in [2.24, 2.45) is 0 Å². The Labute approximate surface area is 205 Å². The Morgan fingerprint density at radius 1 is 1.03 bits per heavy atom. The molecule has 8 heteroatoms. The van der Waals surface area contributed by atoms with E-state index in [1.54, 1.807) is 6.92 Å². The van der Waals surface area contributed by atoms with Gasteiger partial charge in [-0.05, 0) is 55.4 Å². The van der Waals surface area contributed by atoms with Gasteiger partial charge in [0.1, 0.15) is 0 Å². The summed E-state index contributed by atoms with van der Waals surface area (Å²) in [6.07, 6.45) is 8.64. The Kier molecular flexibility index (Phi) is 4.98. The number of nitrogens with zero attached hydrogens (tertiary/aromatic N) is 6. The molecule has 0 atom stereocenters. The highest BCUT2D eigenvalue weighted by Gasteiger charge is 2.34. The number of amides is 1. The normalized spacial score (nSPS) is 19.7. The maximum atomic E-state index is 12.2. The zero-order valence-corrected chi connectivity index (χ0v) is 20.4. The maximum Gasteiger partial charge on any atom is 0.219 e. The highest BCUT2D eigenvalue weighted by Crippen LogP contribution is 2.41. The summed E-state index contributed by atoms with van der Waals surface area (Å²) in [6, 6.07) is 7.22. The van der Waals surface area contributed by atoms with Gasteiger partial charge in [0.2, 0.25) is 5.91 Å². The smallest absolute Gasteiger partial charge is 0.219 e. The number of aryl methyl sites for hydroxylation is 2. The third-order valence-electron chi connectivity index (χ3n) is 8.22. The molecule has 2 aromatic heterocycles. The molecule has 4 aliphatic rings. The fourth-order valence-corrected chi connectivity index (χ4v) is 6.23. The van der Waals surface area contributed by atoms with Crippen LogP contribution in [-0.4, -0.2) is 56.7 Å². The average Bonchev–Trinajstić information content (AvgIpc) is 3.44. The molecule has 182 valence electrons. The fourth-order valence-electron chi connectivity index (χ4n) is 6.23. The topological polar surface area (TPSA) is 68.4 Å². The van der Waals surface area contributed by atoms with Crippen LogP contribution in [0.15, 0.2) is 24.4 Å². The summed E-state index contributed by atoms with van der Waals surface area (Å²) < 4.78 is 9.88. The van der Waals surface area contributed by atoms with Crippen molar-refractivity contribution in [2.75, 3.05) is 31.2 Å². The zero-order valence-electron chi connectivity index (χ0n) is 20.4. The molecular weight excluding hydrogens is 440 g/mol. The first-order valence-electron chi connectivity index (χ1n) is 13.1. The van der Waals surface area contributed by atoms with Gasteiger partial charge in [0.25, 0.3) is 0 Å². The van der Waals surface area contributed by atoms with Crippen LogP contribution in [0.2, 0.25) is 0 Å². The molecule has 7 rings (SSSR count). The minimum atomic E-state index is 0.134. The first-order valence-corrected chi connectivity index (χ1v) is 13.1. The Balaban J connectivity index is 1.28. The van der Waals surface area contributed by atoms with Crippen molar-refractivity contribution >= 4 is 17.4 Å². The molecule has 1 fully saturated rings. The summed E-state index contributed by atoms with van der Waals surface area (Å²) in [5.41, 5.74) is 9.05. The van der Waals surface area contributed by atoms with E-state index in [9.17, 15) is 4.79 Å². The summed E-state index contributed by atoms with van der Waals surface area (Å²) >= 11 is 0. The number of hydrogen-bond acceptors (Lipinski definition) is 5. The lowest BCUT2D eigenvalue weighted by molar-refractivity contribution is -0.129. The van der Waals surface area contributed by atoms with Crippen LogP contribution >= 0.6 is 0 Å². The highest BCUT2D eigenvalue weighted by atomic mass is 16.5. The molecule has 1 saturated heterocycles. The number of hydrogen-bond donors (Lipinski definition) is 0. The van der Waals surface area contributed by atoms with E-state index in [-0.39, 0.29) is 5.91 Å². The lowest BCUT2D eigenvalue weighted by Gasteiger charge is -2.33. The monoisotopic (exact) mass is 472 g/mol. The van der Waals surface area contributed by atoms with E-state index in [2.05, 4.69) is 43.8 Å². The number of ether oxygens (including phenoxy) is 1. The molecule has 0 aliphatic carbocycles. The van der Waals surface area contributed by atoms with Crippen molar-refractivity contribution in [2.45, 2.75) is 64.6 Å². The molecule has 8 nitrogen and oxygen atoms in total. The van der Waals surface area contributed by atoms with Crippen LogP contribution in [0, 0.1) is 0 Å². The molecule has 35 heavy (non-hydrogen) atoms. The highest BCUT2D eigenvalue weighted by molar-refractivity contribution is 5.76. The van der Waals surface area contributed by atoms with E-state index in [0.717, 1.165) is 64.3 Å². The molecule has 3 aromatic rings. The van der Waals surface area contributed by atoms with Crippen molar-refractivity contribution in [3.63, 3.8) is 0 Å². The number of carbonyl (C=O) groups excluding carboxylic acids is 1. The standard InChI is InChI=1S/C27H32N6O2/c1-18(34)30-12-9-26-23(15-30)27(29-33(26)21-16-35-17-21)31-10-4-5-20-13-19(7-8-24(20)31)22-14-28-32-11-3-2-6-25(22)32/h7-8,13-14,21H,2-6,9-12,15-17H2,1H3. The van der Waals surface area contributed by atoms with Gasteiger partial charge in [0.05, 0.1) is 32.0 Å². The van der Waals surface area contributed by atoms with Crippen molar-refractivity contribution in [3.05, 3.63) is 46.9 Å². The Morgan fingerprint density at radius 3 is 2.77 bits per heavy atom. The average molecular weight is 473 g/mol. The number of anilines is 2. The minimum absolute atomic E-state index is 0.134. The Bertz CT molecular complexity index is 1300. The van der Waals surface area contributed by atoms with Gasteiger partial charge in [-0.3, -0.25) is 14.2 Å². The second-order valence-electron chi connectivity index (χ2n) is 10.4. The van der Waals surface area contributed by atoms with E-state index in [4.69, 9.17) is 9.84 Å². The maximum absolute atomic E-state index is 12.2. The quantitative estimate of drug-likeness (QED) is 0.582. The second kappa shape index (κ2) is 8.22. The third kappa shape index (κ3) is 3.41. The summed E-state index contributed by atoms with van der Waals surface area (Å²) in [6.45, 7) is 6.49. The third-order valence-corrected chi connectivity index (χ3v) is 8.22. The molecule has 0 spiro atoms. The predicted octanol–water partition coefficient (Wildman–Crippen LogP) is 3.64. The molecule has 6 heterocycles. The minimum Gasteiger partial charge on any atom is -0.377 e. The largest absolute Gasteiger partial charge is 0.377 e. The summed E-state index contributed by atoms with van der Waals surface area (Å²) in [5, 5.41) is 9.83. The fraction of sp³-hybridized carbons (Fsp3) is 0.519. The van der Waals surface area contributed by atoms with Gasteiger partial charge >= 0.3 is 0 Å². The molecule has 1 amide bonds. The number of fused-ring (bicyclic) bond motifs is 3. The molecule has 0 radical (unpaired) electrons. The molecular formula is C27H32N6O2. The molecule has 0 bridgehead atoms. The van der Waals surface area contributed by atoms with Gasteiger partial charge in [-0.25, -0.2) is 0 Å². The molecule has 4 aliphatic heterocycles. The van der Waals surface area contributed by atoms with Crippen LogP contribution in [0.5, 0.6) is 0 Å². The van der Waals surface area contributed by atoms with Gasteiger partial charge in [-0.1, -0.05) is 6.07 Å². The summed E-state index contributed by atoms with van der Waals surface area (Å²) in [4.78, 5) is 16.6. The first kappa shape index (κ1) is 21.2. The van der Waals surface area contributed by atoms with Crippen LogP contribution in [0.1, 0.15) is 54.7 Å². The number of aromatic nitrogens is 4. The first-order chi connectivity index (χ1) is 17.2. The van der Waals surface area contributed by atoms with Crippen LogP contribution in [0.3, 0.4) is 0 Å². The zero-order chi connectivity index (χ0) is 23.5. The van der Waals surface area contributed by atoms with E-state index in [1.807, 2.05) is 4.90 Å². The van der Waals surface area contributed by atoms with Crippen molar-refractivity contribution in [3.8, 4) is 11.1 Å². The SMILES string of the molecule is CC(=O)N1CCc2c(c(N3CCCc4cc(-c5cnn6c5CCCC6)ccc43)nn2C2COC2)C1. The van der Waals surface area contributed by atoms with Crippen LogP contribution in [-0.2, 0) is 41.9 Å².